The van der Waals surface area contributed by atoms with E-state index in [9.17, 15) is 18.8 Å². The molecule has 30 heavy (non-hydrogen) atoms. The number of nitrogens with zero attached hydrogens (tertiary/aromatic N) is 1. The van der Waals surface area contributed by atoms with Crippen LogP contribution in [0.4, 0.5) is 9.18 Å². The van der Waals surface area contributed by atoms with Crippen molar-refractivity contribution < 1.29 is 18.8 Å². The van der Waals surface area contributed by atoms with Gasteiger partial charge in [0.05, 0.1) is 6.54 Å². The standard InChI is InChI=1S/C21H25FN4O3S/c22-16-5-3-15(4-6-16)20(28)24-17-8-11-26(12-9-17)14-19(27)25-21(29)23-10-7-18-2-1-13-30-18/h1-6,13,17H,7-12,14H2,(H,24,28)(H2,23,25,27,29). The van der Waals surface area contributed by atoms with E-state index >= 15 is 0 Å². The molecule has 0 atom stereocenters. The molecule has 1 aromatic carbocycles. The number of benzene rings is 1. The maximum absolute atomic E-state index is 13.0. The van der Waals surface area contributed by atoms with E-state index in [0.29, 0.717) is 38.0 Å². The van der Waals surface area contributed by atoms with Gasteiger partial charge in [-0.3, -0.25) is 19.8 Å². The molecule has 1 aliphatic heterocycles. The van der Waals surface area contributed by atoms with Gasteiger partial charge in [-0.05, 0) is 55.0 Å². The van der Waals surface area contributed by atoms with Crippen molar-refractivity contribution in [1.29, 1.82) is 0 Å². The maximum Gasteiger partial charge on any atom is 0.321 e. The third-order valence-electron chi connectivity index (χ3n) is 4.89. The molecular weight excluding hydrogens is 407 g/mol. The molecule has 0 saturated carbocycles. The topological polar surface area (TPSA) is 90.5 Å². The van der Waals surface area contributed by atoms with Crippen molar-refractivity contribution in [2.24, 2.45) is 0 Å². The second kappa shape index (κ2) is 10.8. The van der Waals surface area contributed by atoms with Crippen LogP contribution in [0.1, 0.15) is 28.1 Å². The van der Waals surface area contributed by atoms with Gasteiger partial charge in [-0.1, -0.05) is 6.07 Å². The number of hydrogen-bond acceptors (Lipinski definition) is 5. The number of piperidine rings is 1. The molecule has 9 heteroatoms. The number of carbonyl (C=O) groups excluding carboxylic acids is 3. The molecular formula is C21H25FN4O3S. The quantitative estimate of drug-likeness (QED) is 0.625. The Morgan fingerprint density at radius 2 is 1.83 bits per heavy atom. The van der Waals surface area contributed by atoms with Crippen molar-refractivity contribution in [3.8, 4) is 0 Å². The Labute approximate surface area is 178 Å². The van der Waals surface area contributed by atoms with Crippen LogP contribution < -0.4 is 16.0 Å². The highest BCUT2D eigenvalue weighted by Crippen LogP contribution is 2.12. The molecule has 0 aliphatic carbocycles. The summed E-state index contributed by atoms with van der Waals surface area (Å²) in [5.74, 6) is -0.961. The van der Waals surface area contributed by atoms with Crippen molar-refractivity contribution in [2.75, 3.05) is 26.2 Å². The van der Waals surface area contributed by atoms with Crippen molar-refractivity contribution >= 4 is 29.2 Å². The number of carbonyl (C=O) groups is 3. The van der Waals surface area contributed by atoms with E-state index < -0.39 is 6.03 Å². The first-order valence-electron chi connectivity index (χ1n) is 9.88. The Hall–Kier alpha value is -2.78. The Morgan fingerprint density at radius 1 is 1.10 bits per heavy atom. The summed E-state index contributed by atoms with van der Waals surface area (Å²) >= 11 is 1.63. The van der Waals surface area contributed by atoms with Gasteiger partial charge in [0.15, 0.2) is 0 Å². The molecule has 3 N–H and O–H groups in total. The number of likely N-dealkylation sites (tertiary alicyclic amines) is 1. The first kappa shape index (κ1) is 21.9. The molecule has 0 bridgehead atoms. The zero-order chi connectivity index (χ0) is 21.3. The largest absolute Gasteiger partial charge is 0.349 e. The Morgan fingerprint density at radius 3 is 2.50 bits per heavy atom. The number of amides is 4. The van der Waals surface area contributed by atoms with Crippen LogP contribution in [0.3, 0.4) is 0 Å². The van der Waals surface area contributed by atoms with E-state index in [4.69, 9.17) is 0 Å². The lowest BCUT2D eigenvalue weighted by atomic mass is 10.0. The molecule has 1 aliphatic rings. The fraction of sp³-hybridized carbons (Fsp3) is 0.381. The lowest BCUT2D eigenvalue weighted by Crippen LogP contribution is -2.49. The molecule has 2 heterocycles. The third-order valence-corrected chi connectivity index (χ3v) is 5.82. The molecule has 3 rings (SSSR count). The van der Waals surface area contributed by atoms with E-state index in [0.717, 1.165) is 6.42 Å². The van der Waals surface area contributed by atoms with Crippen LogP contribution in [-0.2, 0) is 11.2 Å². The minimum atomic E-state index is -0.488. The normalized spacial score (nSPS) is 14.8. The number of imide groups is 1. The number of halogens is 1. The number of hydrogen-bond donors (Lipinski definition) is 3. The summed E-state index contributed by atoms with van der Waals surface area (Å²) in [6, 6.07) is 8.90. The lowest BCUT2D eigenvalue weighted by Gasteiger charge is -2.31. The highest BCUT2D eigenvalue weighted by Gasteiger charge is 2.23. The number of rotatable bonds is 7. The van der Waals surface area contributed by atoms with Gasteiger partial charge in [0.2, 0.25) is 5.91 Å². The SMILES string of the molecule is O=C(CN1CCC(NC(=O)c2ccc(F)cc2)CC1)NC(=O)NCCc1cccs1. The summed E-state index contributed by atoms with van der Waals surface area (Å²) in [4.78, 5) is 39.2. The molecule has 7 nitrogen and oxygen atoms in total. The fourth-order valence-electron chi connectivity index (χ4n) is 3.27. The molecule has 4 amide bonds. The van der Waals surface area contributed by atoms with Gasteiger partial charge < -0.3 is 10.6 Å². The first-order valence-corrected chi connectivity index (χ1v) is 10.8. The van der Waals surface area contributed by atoms with Gasteiger partial charge in [-0.15, -0.1) is 11.3 Å². The van der Waals surface area contributed by atoms with Crippen molar-refractivity contribution in [3.05, 3.63) is 58.0 Å². The van der Waals surface area contributed by atoms with Crippen LogP contribution in [0.25, 0.3) is 0 Å². The van der Waals surface area contributed by atoms with Crippen LogP contribution in [0.5, 0.6) is 0 Å². The fourth-order valence-corrected chi connectivity index (χ4v) is 3.98. The summed E-state index contributed by atoms with van der Waals surface area (Å²) in [6.45, 7) is 1.89. The van der Waals surface area contributed by atoms with Crippen LogP contribution >= 0.6 is 11.3 Å². The lowest BCUT2D eigenvalue weighted by molar-refractivity contribution is -0.121. The Bertz CT molecular complexity index is 850. The first-order chi connectivity index (χ1) is 14.5. The minimum Gasteiger partial charge on any atom is -0.349 e. The summed E-state index contributed by atoms with van der Waals surface area (Å²) in [5, 5.41) is 9.96. The van der Waals surface area contributed by atoms with E-state index in [-0.39, 0.29) is 30.2 Å². The average Bonchev–Trinajstić information content (AvgIpc) is 3.23. The van der Waals surface area contributed by atoms with Crippen LogP contribution in [0.15, 0.2) is 41.8 Å². The molecule has 0 unspecified atom stereocenters. The Balaban J connectivity index is 1.31. The smallest absolute Gasteiger partial charge is 0.321 e. The predicted octanol–water partition coefficient (Wildman–Crippen LogP) is 2.15. The van der Waals surface area contributed by atoms with Crippen molar-refractivity contribution in [2.45, 2.75) is 25.3 Å². The van der Waals surface area contributed by atoms with Crippen LogP contribution in [-0.4, -0.2) is 55.0 Å². The highest BCUT2D eigenvalue weighted by molar-refractivity contribution is 7.09. The van der Waals surface area contributed by atoms with Gasteiger partial charge in [-0.2, -0.15) is 0 Å². The van der Waals surface area contributed by atoms with Crippen molar-refractivity contribution in [3.63, 3.8) is 0 Å². The summed E-state index contributed by atoms with van der Waals surface area (Å²) in [7, 11) is 0. The molecule has 0 radical (unpaired) electrons. The average molecular weight is 433 g/mol. The van der Waals surface area contributed by atoms with Crippen molar-refractivity contribution in [1.82, 2.24) is 20.9 Å². The highest BCUT2D eigenvalue weighted by atomic mass is 32.1. The summed E-state index contributed by atoms with van der Waals surface area (Å²) in [6.07, 6.45) is 2.14. The monoisotopic (exact) mass is 432 g/mol. The van der Waals surface area contributed by atoms with Gasteiger partial charge >= 0.3 is 6.03 Å². The van der Waals surface area contributed by atoms with Crippen LogP contribution in [0.2, 0.25) is 0 Å². The zero-order valence-electron chi connectivity index (χ0n) is 16.5. The third kappa shape index (κ3) is 6.93. The minimum absolute atomic E-state index is 0.00224. The van der Waals surface area contributed by atoms with Gasteiger partial charge in [0.25, 0.3) is 5.91 Å². The molecule has 1 aromatic heterocycles. The predicted molar refractivity (Wildman–Crippen MR) is 113 cm³/mol. The number of nitrogens with one attached hydrogen (secondary N) is 3. The molecule has 1 fully saturated rings. The van der Waals surface area contributed by atoms with E-state index in [1.165, 1.54) is 29.1 Å². The second-order valence-electron chi connectivity index (χ2n) is 7.16. The molecule has 2 aromatic rings. The Kier molecular flexibility index (Phi) is 7.92. The number of thiophene rings is 1. The summed E-state index contributed by atoms with van der Waals surface area (Å²) in [5.41, 5.74) is 0.420. The second-order valence-corrected chi connectivity index (χ2v) is 8.20. The molecule has 0 spiro atoms. The van der Waals surface area contributed by atoms with Gasteiger partial charge in [0.1, 0.15) is 5.82 Å². The maximum atomic E-state index is 13.0. The zero-order valence-corrected chi connectivity index (χ0v) is 17.3. The number of urea groups is 1. The van der Waals surface area contributed by atoms with Crippen LogP contribution in [0, 0.1) is 5.82 Å². The molecule has 160 valence electrons. The van der Waals surface area contributed by atoms with E-state index in [1.807, 2.05) is 22.4 Å². The van der Waals surface area contributed by atoms with Gasteiger partial charge in [-0.25, -0.2) is 9.18 Å². The molecule has 1 saturated heterocycles. The van der Waals surface area contributed by atoms with E-state index in [1.54, 1.807) is 11.3 Å². The summed E-state index contributed by atoms with van der Waals surface area (Å²) < 4.78 is 13.0. The van der Waals surface area contributed by atoms with Gasteiger partial charge in [0, 0.05) is 36.1 Å². The van der Waals surface area contributed by atoms with E-state index in [2.05, 4.69) is 16.0 Å².